The van der Waals surface area contributed by atoms with Gasteiger partial charge in [0.05, 0.1) is 29.9 Å². The van der Waals surface area contributed by atoms with Crippen molar-refractivity contribution < 1.29 is 29.0 Å². The number of benzene rings is 1. The lowest BCUT2D eigenvalue weighted by molar-refractivity contribution is 0.0448. The molecule has 234 valence electrons. The Morgan fingerprint density at radius 3 is 1.44 bits per heavy atom. The normalized spacial score (nSPS) is 11.0. The number of ether oxygens (including phenoxy) is 2. The Morgan fingerprint density at radius 2 is 0.976 bits per heavy atom. The van der Waals surface area contributed by atoms with E-state index in [4.69, 9.17) is 9.47 Å². The molecule has 0 heterocycles. The van der Waals surface area contributed by atoms with Gasteiger partial charge in [0.1, 0.15) is 0 Å². The molecule has 1 rings (SSSR count). The molecule has 1 N–H and O–H groups in total. The maximum absolute atomic E-state index is 13.3. The highest BCUT2D eigenvalue weighted by molar-refractivity contribution is 6.06. The quantitative estimate of drug-likeness (QED) is 0.0874. The molecule has 0 bridgehead atoms. The van der Waals surface area contributed by atoms with E-state index >= 15 is 0 Å². The average molecular weight is 575 g/mol. The predicted octanol–water partition coefficient (Wildman–Crippen LogP) is 10.1. The molecule has 0 unspecified atom stereocenters. The van der Waals surface area contributed by atoms with Gasteiger partial charge in [-0.05, 0) is 43.4 Å². The largest absolute Gasteiger partial charge is 0.478 e. The Bertz CT molecular complexity index is 862. The molecule has 0 aliphatic heterocycles. The third-order valence-corrected chi connectivity index (χ3v) is 7.65. The van der Waals surface area contributed by atoms with Crippen molar-refractivity contribution in [3.8, 4) is 0 Å². The van der Waals surface area contributed by atoms with Crippen molar-refractivity contribution in [2.45, 2.75) is 156 Å². The Morgan fingerprint density at radius 1 is 0.561 bits per heavy atom. The molecule has 6 heteroatoms. The van der Waals surface area contributed by atoms with Crippen molar-refractivity contribution in [3.05, 3.63) is 34.4 Å². The number of hydrogen-bond acceptors (Lipinski definition) is 5. The third kappa shape index (κ3) is 16.6. The van der Waals surface area contributed by atoms with Crippen LogP contribution < -0.4 is 0 Å². The fraction of sp³-hybridized carbons (Fsp3) is 0.743. The predicted molar refractivity (Wildman–Crippen MR) is 167 cm³/mol. The number of hydrogen-bond donors (Lipinski definition) is 1. The van der Waals surface area contributed by atoms with Crippen molar-refractivity contribution in [1.82, 2.24) is 0 Å². The maximum Gasteiger partial charge on any atom is 0.339 e. The second kappa shape index (κ2) is 24.2. The zero-order valence-corrected chi connectivity index (χ0v) is 26.4. The molecular formula is C35H58O6. The molecule has 0 spiro atoms. The fourth-order valence-electron chi connectivity index (χ4n) is 5.12. The monoisotopic (exact) mass is 574 g/mol. The summed E-state index contributed by atoms with van der Waals surface area (Å²) in [6.45, 7) is 7.10. The van der Waals surface area contributed by atoms with Crippen LogP contribution in [0.2, 0.25) is 0 Å². The summed E-state index contributed by atoms with van der Waals surface area (Å²) < 4.78 is 11.2. The molecule has 6 nitrogen and oxygen atoms in total. The van der Waals surface area contributed by atoms with Crippen molar-refractivity contribution in [2.24, 2.45) is 0 Å². The van der Waals surface area contributed by atoms with Gasteiger partial charge in [-0.2, -0.15) is 0 Å². The fourth-order valence-corrected chi connectivity index (χ4v) is 5.12. The van der Waals surface area contributed by atoms with Crippen LogP contribution in [0, 0.1) is 0 Å². The van der Waals surface area contributed by atoms with Crippen LogP contribution in [-0.2, 0) is 15.9 Å². The van der Waals surface area contributed by atoms with Gasteiger partial charge in [0.15, 0.2) is 0 Å². The molecular weight excluding hydrogens is 516 g/mol. The molecule has 0 saturated heterocycles. The molecule has 41 heavy (non-hydrogen) atoms. The molecule has 0 aromatic heterocycles. The summed E-state index contributed by atoms with van der Waals surface area (Å²) in [6.07, 6.45) is 22.4. The Hall–Kier alpha value is -2.37. The van der Waals surface area contributed by atoms with Crippen LogP contribution >= 0.6 is 0 Å². The van der Waals surface area contributed by atoms with Crippen molar-refractivity contribution in [2.75, 3.05) is 13.2 Å². The van der Waals surface area contributed by atoms with Gasteiger partial charge in [-0.1, -0.05) is 130 Å². The summed E-state index contributed by atoms with van der Waals surface area (Å²) in [7, 11) is 0. The molecule has 1 aromatic carbocycles. The number of rotatable bonds is 26. The van der Waals surface area contributed by atoms with Crippen LogP contribution in [0.3, 0.4) is 0 Å². The van der Waals surface area contributed by atoms with Gasteiger partial charge in [0, 0.05) is 0 Å². The summed E-state index contributed by atoms with van der Waals surface area (Å²) >= 11 is 0. The lowest BCUT2D eigenvalue weighted by Crippen LogP contribution is -2.19. The van der Waals surface area contributed by atoms with Gasteiger partial charge in [-0.3, -0.25) is 0 Å². The number of carboxylic acids is 1. The molecule has 0 amide bonds. The second-order valence-corrected chi connectivity index (χ2v) is 11.4. The van der Waals surface area contributed by atoms with Gasteiger partial charge in [0.2, 0.25) is 0 Å². The summed E-state index contributed by atoms with van der Waals surface area (Å²) in [6, 6.07) is 2.82. The van der Waals surface area contributed by atoms with Gasteiger partial charge >= 0.3 is 17.9 Å². The topological polar surface area (TPSA) is 89.9 Å². The Balaban J connectivity index is 2.96. The minimum Gasteiger partial charge on any atom is -0.478 e. The molecule has 0 saturated carbocycles. The number of carboxylic acid groups (broad SMARTS) is 1. The first kappa shape index (κ1) is 36.7. The smallest absolute Gasteiger partial charge is 0.339 e. The molecule has 1 aromatic rings. The highest BCUT2D eigenvalue weighted by atomic mass is 16.5. The van der Waals surface area contributed by atoms with Gasteiger partial charge in [0.25, 0.3) is 0 Å². The lowest BCUT2D eigenvalue weighted by Gasteiger charge is -2.16. The van der Waals surface area contributed by atoms with Crippen LogP contribution in [-0.4, -0.2) is 36.2 Å². The number of unbranched alkanes of at least 4 members (excludes halogenated alkanes) is 17. The van der Waals surface area contributed by atoms with E-state index in [-0.39, 0.29) is 29.9 Å². The summed E-state index contributed by atoms with van der Waals surface area (Å²) in [5.41, 5.74) is 0.754. The zero-order chi connectivity index (χ0) is 30.1. The number of esters is 2. The van der Waals surface area contributed by atoms with Gasteiger partial charge in [-0.25, -0.2) is 14.4 Å². The molecule has 0 atom stereocenters. The van der Waals surface area contributed by atoms with Crippen LogP contribution in [0.1, 0.15) is 186 Å². The minimum atomic E-state index is -1.13. The molecule has 0 aliphatic carbocycles. The number of aryl methyl sites for hydroxylation is 1. The van der Waals surface area contributed by atoms with E-state index in [1.807, 2.05) is 0 Å². The van der Waals surface area contributed by atoms with Crippen molar-refractivity contribution >= 4 is 17.9 Å². The van der Waals surface area contributed by atoms with Gasteiger partial charge in [-0.15, -0.1) is 0 Å². The standard InChI is InChI=1S/C35H58O6/c1-4-7-10-13-16-17-18-21-24-29-27-30(33(36)37)28-31(34(38)40-25-22-19-14-11-8-5-2)32(29)35(39)41-26-23-20-15-12-9-6-3/h27-28H,4-26H2,1-3H3,(H,36,37). The summed E-state index contributed by atoms with van der Waals surface area (Å²) in [5, 5.41) is 9.77. The van der Waals surface area contributed by atoms with E-state index < -0.39 is 17.9 Å². The zero-order valence-electron chi connectivity index (χ0n) is 26.4. The van der Waals surface area contributed by atoms with Crippen LogP contribution in [0.25, 0.3) is 0 Å². The van der Waals surface area contributed by atoms with Crippen LogP contribution in [0.15, 0.2) is 12.1 Å². The van der Waals surface area contributed by atoms with E-state index in [1.165, 1.54) is 82.8 Å². The van der Waals surface area contributed by atoms with Crippen molar-refractivity contribution in [1.29, 1.82) is 0 Å². The van der Waals surface area contributed by atoms with E-state index in [2.05, 4.69) is 20.8 Å². The van der Waals surface area contributed by atoms with Crippen molar-refractivity contribution in [3.63, 3.8) is 0 Å². The summed E-state index contributed by atoms with van der Waals surface area (Å²) in [4.78, 5) is 38.5. The highest BCUT2D eigenvalue weighted by Crippen LogP contribution is 2.24. The first-order chi connectivity index (χ1) is 20.0. The summed E-state index contributed by atoms with van der Waals surface area (Å²) in [5.74, 6) is -2.33. The van der Waals surface area contributed by atoms with E-state index in [9.17, 15) is 19.5 Å². The number of aromatic carboxylic acids is 1. The minimum absolute atomic E-state index is 0.00134. The Kier molecular flexibility index (Phi) is 21.7. The SMILES string of the molecule is CCCCCCCCCCc1cc(C(=O)O)cc(C(=O)OCCCCCCCC)c1C(=O)OCCCCCCCC. The van der Waals surface area contributed by atoms with E-state index in [0.29, 0.717) is 12.0 Å². The van der Waals surface area contributed by atoms with Crippen LogP contribution in [0.4, 0.5) is 0 Å². The maximum atomic E-state index is 13.3. The van der Waals surface area contributed by atoms with E-state index in [0.717, 1.165) is 57.8 Å². The first-order valence-corrected chi connectivity index (χ1v) is 16.7. The lowest BCUT2D eigenvalue weighted by atomic mass is 9.93. The molecule has 0 radical (unpaired) electrons. The Labute approximate surface area is 250 Å². The second-order valence-electron chi connectivity index (χ2n) is 11.4. The number of carbonyl (C=O) groups is 3. The number of carbonyl (C=O) groups excluding carboxylic acids is 2. The molecule has 0 fully saturated rings. The van der Waals surface area contributed by atoms with Crippen LogP contribution in [0.5, 0.6) is 0 Å². The highest BCUT2D eigenvalue weighted by Gasteiger charge is 2.26. The van der Waals surface area contributed by atoms with Gasteiger partial charge < -0.3 is 14.6 Å². The van der Waals surface area contributed by atoms with E-state index in [1.54, 1.807) is 0 Å². The third-order valence-electron chi connectivity index (χ3n) is 7.65. The average Bonchev–Trinajstić information content (AvgIpc) is 2.96. The first-order valence-electron chi connectivity index (χ1n) is 16.7. The molecule has 0 aliphatic rings.